The topological polar surface area (TPSA) is 58.4 Å². The van der Waals surface area contributed by atoms with Crippen LogP contribution in [0.2, 0.25) is 0 Å². The fourth-order valence-electron chi connectivity index (χ4n) is 2.24. The number of anilines is 1. The van der Waals surface area contributed by atoms with Gasteiger partial charge in [0.05, 0.1) is 0 Å². The number of benzene rings is 1. The monoisotopic (exact) mass is 251 g/mol. The number of nitrogens with two attached hydrogens (primary N) is 1. The van der Waals surface area contributed by atoms with Crippen LogP contribution in [-0.4, -0.2) is 31.6 Å². The number of carbonyl (C=O) groups excluding carboxylic acids is 1. The minimum atomic E-state index is -0.434. The summed E-state index contributed by atoms with van der Waals surface area (Å²) < 4.78 is 13.3. The second-order valence-corrected chi connectivity index (χ2v) is 4.73. The third kappa shape index (κ3) is 2.61. The van der Waals surface area contributed by atoms with Crippen LogP contribution < -0.4 is 16.0 Å². The lowest BCUT2D eigenvalue weighted by molar-refractivity contribution is -0.121. The molecule has 2 rings (SSSR count). The second-order valence-electron chi connectivity index (χ2n) is 4.73. The van der Waals surface area contributed by atoms with Crippen LogP contribution in [0.4, 0.5) is 10.1 Å². The van der Waals surface area contributed by atoms with E-state index in [2.05, 4.69) is 5.32 Å². The summed E-state index contributed by atoms with van der Waals surface area (Å²) in [6.45, 7) is 3.58. The second kappa shape index (κ2) is 5.35. The van der Waals surface area contributed by atoms with E-state index in [0.717, 1.165) is 0 Å². The van der Waals surface area contributed by atoms with Crippen LogP contribution in [0, 0.1) is 11.7 Å². The van der Waals surface area contributed by atoms with Crippen molar-refractivity contribution in [1.82, 2.24) is 5.32 Å². The molecule has 2 unspecified atom stereocenters. The number of amides is 1. The fraction of sp³-hybridized carbons (Fsp3) is 0.462. The fourth-order valence-corrected chi connectivity index (χ4v) is 2.24. The summed E-state index contributed by atoms with van der Waals surface area (Å²) in [7, 11) is 0. The molecule has 1 aromatic carbocycles. The molecule has 1 aliphatic rings. The van der Waals surface area contributed by atoms with E-state index >= 15 is 0 Å². The van der Waals surface area contributed by atoms with Gasteiger partial charge in [-0.05, 0) is 24.1 Å². The highest BCUT2D eigenvalue weighted by atomic mass is 19.1. The molecular weight excluding hydrogens is 233 g/mol. The van der Waals surface area contributed by atoms with E-state index in [1.54, 1.807) is 12.1 Å². The zero-order valence-corrected chi connectivity index (χ0v) is 10.4. The van der Waals surface area contributed by atoms with Gasteiger partial charge in [-0.3, -0.25) is 4.79 Å². The summed E-state index contributed by atoms with van der Waals surface area (Å²) in [5.74, 6) is -0.0968. The van der Waals surface area contributed by atoms with E-state index < -0.39 is 6.04 Å². The molecule has 1 fully saturated rings. The van der Waals surface area contributed by atoms with Crippen molar-refractivity contribution in [3.63, 3.8) is 0 Å². The molecule has 98 valence electrons. The molecule has 18 heavy (non-hydrogen) atoms. The van der Waals surface area contributed by atoms with E-state index in [0.29, 0.717) is 24.7 Å². The molecule has 1 aromatic rings. The molecule has 0 aromatic heterocycles. The molecule has 0 aliphatic carbocycles. The molecule has 0 radical (unpaired) electrons. The Hall–Kier alpha value is -1.62. The first kappa shape index (κ1) is 12.8. The van der Waals surface area contributed by atoms with Crippen molar-refractivity contribution in [2.24, 2.45) is 11.7 Å². The summed E-state index contributed by atoms with van der Waals surface area (Å²) in [5, 5.41) is 2.86. The van der Waals surface area contributed by atoms with Crippen LogP contribution in [0.1, 0.15) is 6.92 Å². The lowest BCUT2D eigenvalue weighted by Crippen LogP contribution is -2.49. The maximum atomic E-state index is 13.3. The Bertz CT molecular complexity index is 438. The largest absolute Gasteiger partial charge is 0.358 e. The Balaban J connectivity index is 2.34. The lowest BCUT2D eigenvalue weighted by Gasteiger charge is -2.30. The molecule has 1 amide bonds. The van der Waals surface area contributed by atoms with Crippen LogP contribution in [0.15, 0.2) is 24.3 Å². The van der Waals surface area contributed by atoms with Gasteiger partial charge in [-0.25, -0.2) is 4.39 Å². The van der Waals surface area contributed by atoms with Gasteiger partial charge in [-0.2, -0.15) is 0 Å². The van der Waals surface area contributed by atoms with Crippen molar-refractivity contribution in [3.8, 4) is 0 Å². The predicted molar refractivity (Wildman–Crippen MR) is 68.8 cm³/mol. The zero-order chi connectivity index (χ0) is 13.1. The van der Waals surface area contributed by atoms with Gasteiger partial charge in [0.2, 0.25) is 5.91 Å². The van der Waals surface area contributed by atoms with E-state index in [4.69, 9.17) is 5.73 Å². The van der Waals surface area contributed by atoms with Gasteiger partial charge in [0.25, 0.3) is 0 Å². The molecule has 3 N–H and O–H groups in total. The average molecular weight is 251 g/mol. The SMILES string of the molecule is CC1CNC(=O)C(CN)N(c2cccc(F)c2)C1. The van der Waals surface area contributed by atoms with Gasteiger partial charge in [-0.15, -0.1) is 0 Å². The number of carbonyl (C=O) groups is 1. The normalized spacial score (nSPS) is 24.6. The molecule has 1 saturated heterocycles. The Morgan fingerprint density at radius 1 is 1.56 bits per heavy atom. The van der Waals surface area contributed by atoms with Crippen LogP contribution >= 0.6 is 0 Å². The molecule has 4 nitrogen and oxygen atoms in total. The maximum Gasteiger partial charge on any atom is 0.244 e. The summed E-state index contributed by atoms with van der Waals surface area (Å²) in [6.07, 6.45) is 0. The van der Waals surface area contributed by atoms with Crippen LogP contribution in [0.25, 0.3) is 0 Å². The van der Waals surface area contributed by atoms with Crippen molar-refractivity contribution in [2.45, 2.75) is 13.0 Å². The summed E-state index contributed by atoms with van der Waals surface area (Å²) >= 11 is 0. The Morgan fingerprint density at radius 3 is 3.00 bits per heavy atom. The summed E-state index contributed by atoms with van der Waals surface area (Å²) in [5.41, 5.74) is 6.38. The predicted octanol–water partition coefficient (Wildman–Crippen LogP) is 0.725. The average Bonchev–Trinajstić information content (AvgIpc) is 2.49. The van der Waals surface area contributed by atoms with Gasteiger partial charge in [0.1, 0.15) is 11.9 Å². The molecule has 0 saturated carbocycles. The highest BCUT2D eigenvalue weighted by Crippen LogP contribution is 2.21. The third-order valence-corrected chi connectivity index (χ3v) is 3.18. The van der Waals surface area contributed by atoms with E-state index in [9.17, 15) is 9.18 Å². The lowest BCUT2D eigenvalue weighted by atomic mass is 10.1. The zero-order valence-electron chi connectivity index (χ0n) is 10.4. The highest BCUT2D eigenvalue weighted by Gasteiger charge is 2.29. The number of hydrogen-bond donors (Lipinski definition) is 2. The van der Waals surface area contributed by atoms with Gasteiger partial charge < -0.3 is 16.0 Å². The molecule has 5 heteroatoms. The third-order valence-electron chi connectivity index (χ3n) is 3.18. The molecule has 1 aliphatic heterocycles. The first-order valence-corrected chi connectivity index (χ1v) is 6.12. The Morgan fingerprint density at radius 2 is 2.33 bits per heavy atom. The van der Waals surface area contributed by atoms with E-state index in [1.807, 2.05) is 11.8 Å². The molecule has 2 atom stereocenters. The molecule has 0 spiro atoms. The number of halogens is 1. The maximum absolute atomic E-state index is 13.3. The van der Waals surface area contributed by atoms with Crippen LogP contribution in [-0.2, 0) is 4.79 Å². The van der Waals surface area contributed by atoms with Gasteiger partial charge in [0, 0.05) is 25.3 Å². The number of nitrogens with one attached hydrogen (secondary N) is 1. The minimum Gasteiger partial charge on any atom is -0.358 e. The smallest absolute Gasteiger partial charge is 0.244 e. The van der Waals surface area contributed by atoms with E-state index in [-0.39, 0.29) is 18.3 Å². The van der Waals surface area contributed by atoms with Crippen LogP contribution in [0.3, 0.4) is 0 Å². The highest BCUT2D eigenvalue weighted by molar-refractivity contribution is 5.86. The van der Waals surface area contributed by atoms with Crippen molar-refractivity contribution < 1.29 is 9.18 Å². The molecule has 1 heterocycles. The first-order valence-electron chi connectivity index (χ1n) is 6.12. The Labute approximate surface area is 106 Å². The summed E-state index contributed by atoms with van der Waals surface area (Å²) in [6, 6.07) is 5.84. The number of rotatable bonds is 2. The van der Waals surface area contributed by atoms with Crippen LogP contribution in [0.5, 0.6) is 0 Å². The van der Waals surface area contributed by atoms with Crippen molar-refractivity contribution in [2.75, 3.05) is 24.5 Å². The van der Waals surface area contributed by atoms with Crippen molar-refractivity contribution >= 4 is 11.6 Å². The van der Waals surface area contributed by atoms with Gasteiger partial charge >= 0.3 is 0 Å². The first-order chi connectivity index (χ1) is 8.61. The quantitative estimate of drug-likeness (QED) is 0.814. The number of hydrogen-bond acceptors (Lipinski definition) is 3. The molecule has 0 bridgehead atoms. The van der Waals surface area contributed by atoms with Gasteiger partial charge in [0.15, 0.2) is 0 Å². The van der Waals surface area contributed by atoms with Crippen molar-refractivity contribution in [1.29, 1.82) is 0 Å². The summed E-state index contributed by atoms with van der Waals surface area (Å²) in [4.78, 5) is 13.8. The van der Waals surface area contributed by atoms with Gasteiger partial charge in [-0.1, -0.05) is 13.0 Å². The van der Waals surface area contributed by atoms with E-state index in [1.165, 1.54) is 12.1 Å². The minimum absolute atomic E-state index is 0.0916. The van der Waals surface area contributed by atoms with Crippen molar-refractivity contribution in [3.05, 3.63) is 30.1 Å². The Kier molecular flexibility index (Phi) is 3.81. The molecular formula is C13H18FN3O. The number of nitrogens with zero attached hydrogens (tertiary/aromatic N) is 1. The standard InChI is InChI=1S/C13H18FN3O/c1-9-7-16-13(18)12(6-15)17(8-9)11-4-2-3-10(14)5-11/h2-5,9,12H,6-8,15H2,1H3,(H,16,18).